The number of aromatic nitrogens is 1. The number of carboxylic acid groups (broad SMARTS) is 1. The van der Waals surface area contributed by atoms with Gasteiger partial charge in [-0.15, -0.1) is 0 Å². The zero-order valence-electron chi connectivity index (χ0n) is 13.3. The number of amides is 1. The van der Waals surface area contributed by atoms with Crippen LogP contribution < -0.4 is 0 Å². The van der Waals surface area contributed by atoms with Gasteiger partial charge in [0.1, 0.15) is 0 Å². The summed E-state index contributed by atoms with van der Waals surface area (Å²) >= 11 is 5.88. The summed E-state index contributed by atoms with van der Waals surface area (Å²) in [6.07, 6.45) is 0.714. The molecule has 1 aliphatic heterocycles. The predicted octanol–water partition coefficient (Wildman–Crippen LogP) is 3.72. The van der Waals surface area contributed by atoms with Crippen LogP contribution in [0.15, 0.2) is 42.5 Å². The molecule has 0 bridgehead atoms. The van der Waals surface area contributed by atoms with Crippen molar-refractivity contribution >= 4 is 34.4 Å². The molecule has 2 N–H and O–H groups in total. The molecule has 0 aliphatic carbocycles. The lowest BCUT2D eigenvalue weighted by molar-refractivity contribution is 0.0694. The smallest absolute Gasteiger partial charge is 0.335 e. The van der Waals surface area contributed by atoms with Crippen molar-refractivity contribution in [3.8, 4) is 0 Å². The van der Waals surface area contributed by atoms with Crippen LogP contribution in [0.25, 0.3) is 10.9 Å². The lowest BCUT2D eigenvalue weighted by atomic mass is 10.0. The maximum atomic E-state index is 12.7. The third-order valence-electron chi connectivity index (χ3n) is 4.60. The Morgan fingerprint density at radius 2 is 1.80 bits per heavy atom. The summed E-state index contributed by atoms with van der Waals surface area (Å²) in [5.41, 5.74) is 3.80. The van der Waals surface area contributed by atoms with E-state index in [1.54, 1.807) is 47.4 Å². The van der Waals surface area contributed by atoms with Gasteiger partial charge < -0.3 is 15.0 Å². The van der Waals surface area contributed by atoms with Crippen LogP contribution >= 0.6 is 11.6 Å². The molecule has 0 atom stereocenters. The predicted molar refractivity (Wildman–Crippen MR) is 95.2 cm³/mol. The Morgan fingerprint density at radius 1 is 1.08 bits per heavy atom. The zero-order chi connectivity index (χ0) is 17.6. The molecule has 0 spiro atoms. The van der Waals surface area contributed by atoms with Gasteiger partial charge >= 0.3 is 5.97 Å². The van der Waals surface area contributed by atoms with Crippen molar-refractivity contribution in [2.45, 2.75) is 13.0 Å². The Bertz CT molecular complexity index is 992. The zero-order valence-corrected chi connectivity index (χ0v) is 14.0. The first-order chi connectivity index (χ1) is 12.0. The van der Waals surface area contributed by atoms with Crippen LogP contribution in [-0.4, -0.2) is 33.4 Å². The molecule has 0 radical (unpaired) electrons. The number of aromatic amines is 1. The Morgan fingerprint density at radius 3 is 2.52 bits per heavy atom. The maximum absolute atomic E-state index is 12.7. The number of nitrogens with zero attached hydrogens (tertiary/aromatic N) is 1. The molecule has 5 nitrogen and oxygen atoms in total. The summed E-state index contributed by atoms with van der Waals surface area (Å²) in [6, 6.07) is 11.9. The van der Waals surface area contributed by atoms with Crippen LogP contribution in [0, 0.1) is 0 Å². The van der Waals surface area contributed by atoms with E-state index in [1.165, 1.54) is 0 Å². The standard InChI is InChI=1S/C19H15ClN2O3/c20-13-4-1-11(2-5-13)18(23)22-8-7-17-15(10-22)14-9-12(19(24)25)3-6-16(14)21-17/h1-6,9,21H,7-8,10H2,(H,24,25). The molecule has 25 heavy (non-hydrogen) atoms. The number of hydrogen-bond donors (Lipinski definition) is 2. The average molecular weight is 355 g/mol. The van der Waals surface area contributed by atoms with E-state index in [-0.39, 0.29) is 11.5 Å². The molecule has 2 heterocycles. The number of carbonyl (C=O) groups excluding carboxylic acids is 1. The largest absolute Gasteiger partial charge is 0.478 e. The quantitative estimate of drug-likeness (QED) is 0.736. The van der Waals surface area contributed by atoms with Crippen molar-refractivity contribution in [3.05, 3.63) is 69.9 Å². The van der Waals surface area contributed by atoms with Crippen LogP contribution in [0.2, 0.25) is 5.02 Å². The number of H-pyrrole nitrogens is 1. The minimum atomic E-state index is -0.957. The van der Waals surface area contributed by atoms with Gasteiger partial charge in [-0.2, -0.15) is 0 Å². The van der Waals surface area contributed by atoms with Crippen molar-refractivity contribution in [3.63, 3.8) is 0 Å². The first-order valence-corrected chi connectivity index (χ1v) is 8.32. The number of fused-ring (bicyclic) bond motifs is 3. The number of rotatable bonds is 2. The van der Waals surface area contributed by atoms with E-state index >= 15 is 0 Å². The Labute approximate surface area is 148 Å². The molecule has 1 aliphatic rings. The van der Waals surface area contributed by atoms with Gasteiger partial charge in [0.2, 0.25) is 0 Å². The van der Waals surface area contributed by atoms with E-state index < -0.39 is 5.97 Å². The third kappa shape index (κ3) is 2.76. The summed E-state index contributed by atoms with van der Waals surface area (Å²) in [5, 5.41) is 10.7. The Kier molecular flexibility index (Phi) is 3.73. The van der Waals surface area contributed by atoms with E-state index in [2.05, 4.69) is 4.98 Å². The number of benzene rings is 2. The summed E-state index contributed by atoms with van der Waals surface area (Å²) in [6.45, 7) is 1.08. The molecule has 0 saturated heterocycles. The first-order valence-electron chi connectivity index (χ1n) is 7.94. The molecule has 1 amide bonds. The monoisotopic (exact) mass is 354 g/mol. The SMILES string of the molecule is O=C(O)c1ccc2[nH]c3c(c2c1)CN(C(=O)c1ccc(Cl)cc1)CC3. The fraction of sp³-hybridized carbons (Fsp3) is 0.158. The van der Waals surface area contributed by atoms with Gasteiger partial charge in [0.05, 0.1) is 5.56 Å². The Hall–Kier alpha value is -2.79. The summed E-state index contributed by atoms with van der Waals surface area (Å²) in [4.78, 5) is 29.1. The molecule has 6 heteroatoms. The third-order valence-corrected chi connectivity index (χ3v) is 4.85. The second-order valence-electron chi connectivity index (χ2n) is 6.13. The summed E-state index contributed by atoms with van der Waals surface area (Å²) < 4.78 is 0. The number of aromatic carboxylic acids is 1. The molecule has 126 valence electrons. The minimum Gasteiger partial charge on any atom is -0.478 e. The van der Waals surface area contributed by atoms with E-state index in [4.69, 9.17) is 11.6 Å². The number of hydrogen-bond acceptors (Lipinski definition) is 2. The summed E-state index contributed by atoms with van der Waals surface area (Å²) in [5.74, 6) is -1.01. The number of carboxylic acids is 1. The van der Waals surface area contributed by atoms with Crippen LogP contribution in [-0.2, 0) is 13.0 Å². The minimum absolute atomic E-state index is 0.0499. The van der Waals surface area contributed by atoms with E-state index in [9.17, 15) is 14.7 Å². The highest BCUT2D eigenvalue weighted by Crippen LogP contribution is 2.29. The fourth-order valence-electron chi connectivity index (χ4n) is 3.30. The molecular weight excluding hydrogens is 340 g/mol. The molecule has 0 unspecified atom stereocenters. The molecular formula is C19H15ClN2O3. The van der Waals surface area contributed by atoms with E-state index in [0.717, 1.165) is 22.2 Å². The second kappa shape index (κ2) is 5.93. The lowest BCUT2D eigenvalue weighted by Crippen LogP contribution is -2.35. The molecule has 0 saturated carbocycles. The molecule has 4 rings (SSSR count). The van der Waals surface area contributed by atoms with Gasteiger partial charge in [-0.25, -0.2) is 4.79 Å². The van der Waals surface area contributed by atoms with E-state index in [0.29, 0.717) is 30.1 Å². The molecule has 2 aromatic carbocycles. The van der Waals surface area contributed by atoms with Crippen LogP contribution in [0.1, 0.15) is 32.0 Å². The van der Waals surface area contributed by atoms with Crippen LogP contribution in [0.4, 0.5) is 0 Å². The highest BCUT2D eigenvalue weighted by Gasteiger charge is 2.25. The van der Waals surface area contributed by atoms with Gasteiger partial charge in [-0.05, 0) is 42.5 Å². The first kappa shape index (κ1) is 15.7. The maximum Gasteiger partial charge on any atom is 0.335 e. The summed E-state index contributed by atoms with van der Waals surface area (Å²) in [7, 11) is 0. The normalized spacial score (nSPS) is 13.7. The van der Waals surface area contributed by atoms with Gasteiger partial charge in [0.15, 0.2) is 0 Å². The van der Waals surface area contributed by atoms with Crippen molar-refractivity contribution in [1.82, 2.24) is 9.88 Å². The topological polar surface area (TPSA) is 73.4 Å². The molecule has 3 aromatic rings. The van der Waals surface area contributed by atoms with Crippen LogP contribution in [0.3, 0.4) is 0 Å². The van der Waals surface area contributed by atoms with Crippen molar-refractivity contribution in [1.29, 1.82) is 0 Å². The van der Waals surface area contributed by atoms with Gasteiger partial charge in [-0.1, -0.05) is 11.6 Å². The van der Waals surface area contributed by atoms with Crippen molar-refractivity contribution < 1.29 is 14.7 Å². The second-order valence-corrected chi connectivity index (χ2v) is 6.57. The Balaban J connectivity index is 1.68. The number of carbonyl (C=O) groups is 2. The number of nitrogens with one attached hydrogen (secondary N) is 1. The highest BCUT2D eigenvalue weighted by atomic mass is 35.5. The van der Waals surface area contributed by atoms with Crippen LogP contribution in [0.5, 0.6) is 0 Å². The highest BCUT2D eigenvalue weighted by molar-refractivity contribution is 6.30. The fourth-order valence-corrected chi connectivity index (χ4v) is 3.42. The van der Waals surface area contributed by atoms with Gasteiger partial charge in [-0.3, -0.25) is 4.79 Å². The van der Waals surface area contributed by atoms with E-state index in [1.807, 2.05) is 0 Å². The lowest BCUT2D eigenvalue weighted by Gasteiger charge is -2.27. The van der Waals surface area contributed by atoms with Gasteiger partial charge in [0.25, 0.3) is 5.91 Å². The average Bonchev–Trinajstić information content (AvgIpc) is 2.98. The van der Waals surface area contributed by atoms with Crippen molar-refractivity contribution in [2.75, 3.05) is 6.54 Å². The van der Waals surface area contributed by atoms with Crippen molar-refractivity contribution in [2.24, 2.45) is 0 Å². The number of halogens is 1. The molecule has 0 fully saturated rings. The van der Waals surface area contributed by atoms with Gasteiger partial charge in [0, 0.05) is 52.3 Å². The molecule has 1 aromatic heterocycles.